The Balaban J connectivity index is 1.87. The van der Waals surface area contributed by atoms with E-state index in [1.165, 1.54) is 11.6 Å². The van der Waals surface area contributed by atoms with Crippen molar-refractivity contribution in [3.8, 4) is 0 Å². The van der Waals surface area contributed by atoms with Crippen molar-refractivity contribution in [1.29, 1.82) is 0 Å². The van der Waals surface area contributed by atoms with Crippen LogP contribution < -0.4 is 10.6 Å². The van der Waals surface area contributed by atoms with Gasteiger partial charge in [0.15, 0.2) is 0 Å². The van der Waals surface area contributed by atoms with E-state index in [2.05, 4.69) is 10.6 Å². The van der Waals surface area contributed by atoms with E-state index < -0.39 is 0 Å². The summed E-state index contributed by atoms with van der Waals surface area (Å²) >= 11 is 0. The molecule has 0 aliphatic carbocycles. The van der Waals surface area contributed by atoms with Crippen LogP contribution >= 0.6 is 0 Å². The molecule has 4 heteroatoms. The number of halogens is 1. The highest BCUT2D eigenvalue weighted by atomic mass is 19.1. The van der Waals surface area contributed by atoms with Gasteiger partial charge in [0.25, 0.3) is 5.91 Å². The summed E-state index contributed by atoms with van der Waals surface area (Å²) in [7, 11) is 0. The smallest absolute Gasteiger partial charge is 0.255 e. The average Bonchev–Trinajstić information content (AvgIpc) is 2.50. The summed E-state index contributed by atoms with van der Waals surface area (Å²) in [6.45, 7) is 3.36. The molecule has 1 heterocycles. The second-order valence-electron chi connectivity index (χ2n) is 5.29. The standard InChI is InChI=1S/C17H17FN2O/c1-11-9-13(5-6-16(11)18)20-17(21)15-4-2-3-12-10-19-8-7-14(12)15/h2-6,9,19H,7-8,10H2,1H3,(H,20,21). The summed E-state index contributed by atoms with van der Waals surface area (Å²) in [5, 5.41) is 6.15. The molecule has 0 spiro atoms. The summed E-state index contributed by atoms with van der Waals surface area (Å²) < 4.78 is 13.3. The average molecular weight is 284 g/mol. The number of rotatable bonds is 2. The van der Waals surface area contributed by atoms with E-state index in [9.17, 15) is 9.18 Å². The lowest BCUT2D eigenvalue weighted by Crippen LogP contribution is -2.26. The molecule has 0 atom stereocenters. The minimum absolute atomic E-state index is 0.139. The number of carbonyl (C=O) groups is 1. The van der Waals surface area contributed by atoms with Gasteiger partial charge in [-0.2, -0.15) is 0 Å². The number of anilines is 1. The third-order valence-electron chi connectivity index (χ3n) is 3.80. The number of aryl methyl sites for hydroxylation is 1. The molecule has 2 N–H and O–H groups in total. The van der Waals surface area contributed by atoms with Gasteiger partial charge >= 0.3 is 0 Å². The van der Waals surface area contributed by atoms with Crippen LogP contribution in [0.2, 0.25) is 0 Å². The molecule has 0 radical (unpaired) electrons. The summed E-state index contributed by atoms with van der Waals surface area (Å²) in [5.74, 6) is -0.407. The maximum absolute atomic E-state index is 13.3. The minimum atomic E-state index is -0.267. The van der Waals surface area contributed by atoms with Crippen LogP contribution in [0.15, 0.2) is 36.4 Å². The minimum Gasteiger partial charge on any atom is -0.322 e. The molecule has 108 valence electrons. The predicted molar refractivity (Wildman–Crippen MR) is 80.9 cm³/mol. The molecular formula is C17H17FN2O. The third-order valence-corrected chi connectivity index (χ3v) is 3.80. The van der Waals surface area contributed by atoms with Gasteiger partial charge in [0.1, 0.15) is 5.82 Å². The highest BCUT2D eigenvalue weighted by Gasteiger charge is 2.17. The lowest BCUT2D eigenvalue weighted by Gasteiger charge is -2.20. The Morgan fingerprint density at radius 3 is 2.95 bits per heavy atom. The van der Waals surface area contributed by atoms with Crippen LogP contribution in [-0.2, 0) is 13.0 Å². The van der Waals surface area contributed by atoms with Gasteiger partial charge in [0, 0.05) is 17.8 Å². The summed E-state index contributed by atoms with van der Waals surface area (Å²) in [5.41, 5.74) is 4.12. The summed E-state index contributed by atoms with van der Waals surface area (Å²) in [6.07, 6.45) is 0.849. The van der Waals surface area contributed by atoms with Crippen LogP contribution in [0, 0.1) is 12.7 Å². The topological polar surface area (TPSA) is 41.1 Å². The van der Waals surface area contributed by atoms with Gasteiger partial charge in [0.2, 0.25) is 0 Å². The maximum atomic E-state index is 13.3. The number of hydrogen-bond donors (Lipinski definition) is 2. The Labute approximate surface area is 123 Å². The van der Waals surface area contributed by atoms with E-state index in [-0.39, 0.29) is 11.7 Å². The van der Waals surface area contributed by atoms with E-state index in [1.807, 2.05) is 18.2 Å². The SMILES string of the molecule is Cc1cc(NC(=O)c2cccc3c2CCNC3)ccc1F. The van der Waals surface area contributed by atoms with Gasteiger partial charge in [-0.1, -0.05) is 12.1 Å². The predicted octanol–water partition coefficient (Wildman–Crippen LogP) is 3.03. The fraction of sp³-hybridized carbons (Fsp3) is 0.235. The first-order chi connectivity index (χ1) is 10.1. The van der Waals surface area contributed by atoms with Gasteiger partial charge < -0.3 is 10.6 Å². The molecule has 2 aromatic rings. The molecule has 0 bridgehead atoms. The van der Waals surface area contributed by atoms with Crippen molar-refractivity contribution in [3.63, 3.8) is 0 Å². The zero-order valence-electron chi connectivity index (χ0n) is 11.9. The molecule has 0 saturated heterocycles. The monoisotopic (exact) mass is 284 g/mol. The Morgan fingerprint density at radius 2 is 2.14 bits per heavy atom. The third kappa shape index (κ3) is 2.81. The number of amides is 1. The normalized spacial score (nSPS) is 13.6. The maximum Gasteiger partial charge on any atom is 0.255 e. The van der Waals surface area contributed by atoms with E-state index >= 15 is 0 Å². The van der Waals surface area contributed by atoms with E-state index in [0.29, 0.717) is 16.8 Å². The van der Waals surface area contributed by atoms with Gasteiger partial charge in [-0.3, -0.25) is 4.79 Å². The van der Waals surface area contributed by atoms with Crippen molar-refractivity contribution in [1.82, 2.24) is 5.32 Å². The quantitative estimate of drug-likeness (QED) is 0.890. The van der Waals surface area contributed by atoms with Gasteiger partial charge in [-0.15, -0.1) is 0 Å². The fourth-order valence-corrected chi connectivity index (χ4v) is 2.67. The molecule has 0 fully saturated rings. The Morgan fingerprint density at radius 1 is 1.29 bits per heavy atom. The summed E-state index contributed by atoms with van der Waals surface area (Å²) in [4.78, 5) is 12.5. The van der Waals surface area contributed by atoms with Crippen LogP contribution in [0.4, 0.5) is 10.1 Å². The van der Waals surface area contributed by atoms with Crippen LogP contribution in [0.3, 0.4) is 0 Å². The molecule has 3 rings (SSSR count). The Kier molecular flexibility index (Phi) is 3.71. The Bertz CT molecular complexity index is 697. The number of fused-ring (bicyclic) bond motifs is 1. The van der Waals surface area contributed by atoms with Crippen LogP contribution in [-0.4, -0.2) is 12.5 Å². The number of carbonyl (C=O) groups excluding carboxylic acids is 1. The molecule has 2 aromatic carbocycles. The molecule has 21 heavy (non-hydrogen) atoms. The highest BCUT2D eigenvalue weighted by Crippen LogP contribution is 2.21. The molecule has 3 nitrogen and oxygen atoms in total. The Hall–Kier alpha value is -2.20. The lowest BCUT2D eigenvalue weighted by molar-refractivity contribution is 0.102. The molecule has 0 saturated carbocycles. The zero-order valence-corrected chi connectivity index (χ0v) is 11.9. The highest BCUT2D eigenvalue weighted by molar-refractivity contribution is 6.05. The van der Waals surface area contributed by atoms with Crippen LogP contribution in [0.5, 0.6) is 0 Å². The molecule has 1 amide bonds. The number of benzene rings is 2. The van der Waals surface area contributed by atoms with E-state index in [4.69, 9.17) is 0 Å². The zero-order chi connectivity index (χ0) is 14.8. The van der Waals surface area contributed by atoms with E-state index in [1.54, 1.807) is 19.1 Å². The summed E-state index contributed by atoms with van der Waals surface area (Å²) in [6, 6.07) is 10.4. The van der Waals surface area contributed by atoms with Gasteiger partial charge in [0.05, 0.1) is 0 Å². The second kappa shape index (κ2) is 5.66. The molecular weight excluding hydrogens is 267 g/mol. The van der Waals surface area contributed by atoms with Crippen molar-refractivity contribution >= 4 is 11.6 Å². The van der Waals surface area contributed by atoms with Crippen LogP contribution in [0.1, 0.15) is 27.0 Å². The van der Waals surface area contributed by atoms with Crippen molar-refractivity contribution in [2.24, 2.45) is 0 Å². The van der Waals surface area contributed by atoms with Crippen LogP contribution in [0.25, 0.3) is 0 Å². The molecule has 0 aromatic heterocycles. The molecule has 0 unspecified atom stereocenters. The van der Waals surface area contributed by atoms with Crippen molar-refractivity contribution in [2.75, 3.05) is 11.9 Å². The van der Waals surface area contributed by atoms with Gasteiger partial charge in [-0.05, 0) is 60.8 Å². The van der Waals surface area contributed by atoms with Gasteiger partial charge in [-0.25, -0.2) is 4.39 Å². The fourth-order valence-electron chi connectivity index (χ4n) is 2.67. The lowest BCUT2D eigenvalue weighted by atomic mass is 9.95. The van der Waals surface area contributed by atoms with Crippen molar-refractivity contribution in [3.05, 3.63) is 64.5 Å². The van der Waals surface area contributed by atoms with E-state index in [0.717, 1.165) is 25.1 Å². The number of hydrogen-bond acceptors (Lipinski definition) is 2. The second-order valence-corrected chi connectivity index (χ2v) is 5.29. The van der Waals surface area contributed by atoms with Crippen molar-refractivity contribution < 1.29 is 9.18 Å². The molecule has 1 aliphatic heterocycles. The first kappa shape index (κ1) is 13.8. The first-order valence-corrected chi connectivity index (χ1v) is 7.04. The van der Waals surface area contributed by atoms with Crippen molar-refractivity contribution in [2.45, 2.75) is 19.9 Å². The number of nitrogens with one attached hydrogen (secondary N) is 2. The largest absolute Gasteiger partial charge is 0.322 e. The molecule has 1 aliphatic rings. The first-order valence-electron chi connectivity index (χ1n) is 7.04.